The van der Waals surface area contributed by atoms with Crippen LogP contribution in [-0.2, 0) is 11.2 Å². The van der Waals surface area contributed by atoms with Gasteiger partial charge in [-0.25, -0.2) is 0 Å². The van der Waals surface area contributed by atoms with Gasteiger partial charge < -0.3 is 10.6 Å². The number of imide groups is 1. The fourth-order valence-corrected chi connectivity index (χ4v) is 3.37. The summed E-state index contributed by atoms with van der Waals surface area (Å²) < 4.78 is 0. The fourth-order valence-electron chi connectivity index (χ4n) is 3.14. The summed E-state index contributed by atoms with van der Waals surface area (Å²) in [5.74, 6) is -1.11. The highest BCUT2D eigenvalue weighted by molar-refractivity contribution is 7.80. The number of amides is 3. The number of thiocarbonyl (C=S) groups is 1. The highest BCUT2D eigenvalue weighted by Gasteiger charge is 2.34. The van der Waals surface area contributed by atoms with Crippen molar-refractivity contribution in [1.29, 1.82) is 0 Å². The lowest BCUT2D eigenvalue weighted by Gasteiger charge is -2.14. The minimum Gasteiger partial charge on any atom is -0.332 e. The largest absolute Gasteiger partial charge is 0.332 e. The number of anilines is 1. The Morgan fingerprint density at radius 1 is 1.00 bits per heavy atom. The molecule has 1 heterocycles. The summed E-state index contributed by atoms with van der Waals surface area (Å²) in [6, 6.07) is 14.5. The van der Waals surface area contributed by atoms with Crippen molar-refractivity contribution in [2.24, 2.45) is 0 Å². The van der Waals surface area contributed by atoms with Crippen LogP contribution < -0.4 is 10.6 Å². The topological polar surface area (TPSA) is 78.5 Å². The Morgan fingerprint density at radius 2 is 1.62 bits per heavy atom. The molecule has 3 rings (SSSR count). The Labute approximate surface area is 175 Å². The van der Waals surface area contributed by atoms with E-state index in [9.17, 15) is 14.4 Å². The lowest BCUT2D eigenvalue weighted by Crippen LogP contribution is -2.38. The van der Waals surface area contributed by atoms with Gasteiger partial charge in [0.1, 0.15) is 0 Å². The van der Waals surface area contributed by atoms with Crippen molar-refractivity contribution in [3.63, 3.8) is 0 Å². The second-order valence-electron chi connectivity index (χ2n) is 6.86. The summed E-state index contributed by atoms with van der Waals surface area (Å²) >= 11 is 5.18. The van der Waals surface area contributed by atoms with Crippen molar-refractivity contribution in [1.82, 2.24) is 10.2 Å². The lowest BCUT2D eigenvalue weighted by molar-refractivity contribution is -0.119. The van der Waals surface area contributed by atoms with Crippen molar-refractivity contribution in [3.05, 3.63) is 65.2 Å². The van der Waals surface area contributed by atoms with E-state index in [0.717, 1.165) is 29.8 Å². The van der Waals surface area contributed by atoms with Crippen LogP contribution in [0.15, 0.2) is 48.5 Å². The maximum absolute atomic E-state index is 12.3. The molecule has 0 spiro atoms. The standard InChI is InChI=1S/C22H23N3O3S/c1-2-3-6-15-9-11-16(12-10-15)23-22(29)24-19(26)13-14-25-20(27)17-7-4-5-8-18(17)21(25)28/h4-5,7-12H,2-3,6,13-14H2,1H3,(H2,23,24,26,29). The number of nitrogens with zero attached hydrogens (tertiary/aromatic N) is 1. The van der Waals surface area contributed by atoms with Crippen molar-refractivity contribution in [3.8, 4) is 0 Å². The maximum atomic E-state index is 12.3. The summed E-state index contributed by atoms with van der Waals surface area (Å²) in [7, 11) is 0. The first-order valence-corrected chi connectivity index (χ1v) is 10.1. The van der Waals surface area contributed by atoms with Gasteiger partial charge in [0, 0.05) is 18.7 Å². The van der Waals surface area contributed by atoms with Crippen molar-refractivity contribution in [2.75, 3.05) is 11.9 Å². The van der Waals surface area contributed by atoms with E-state index in [4.69, 9.17) is 12.2 Å². The van der Waals surface area contributed by atoms with E-state index in [-0.39, 0.29) is 35.8 Å². The van der Waals surface area contributed by atoms with E-state index in [2.05, 4.69) is 17.6 Å². The maximum Gasteiger partial charge on any atom is 0.261 e. The molecule has 0 saturated heterocycles. The Kier molecular flexibility index (Phi) is 6.72. The first kappa shape index (κ1) is 20.7. The SMILES string of the molecule is CCCCc1ccc(NC(=S)NC(=O)CCN2C(=O)c3ccccc3C2=O)cc1. The van der Waals surface area contributed by atoms with Gasteiger partial charge in [-0.05, 0) is 54.9 Å². The molecule has 2 aromatic rings. The van der Waals surface area contributed by atoms with Crippen LogP contribution in [0.3, 0.4) is 0 Å². The minimum atomic E-state index is -0.373. The van der Waals surface area contributed by atoms with Crippen molar-refractivity contribution >= 4 is 40.7 Å². The summed E-state index contributed by atoms with van der Waals surface area (Å²) in [5.41, 5.74) is 2.79. The smallest absolute Gasteiger partial charge is 0.261 e. The number of hydrogen-bond acceptors (Lipinski definition) is 4. The number of aryl methyl sites for hydroxylation is 1. The molecule has 0 atom stereocenters. The van der Waals surface area contributed by atoms with E-state index in [1.54, 1.807) is 24.3 Å². The Morgan fingerprint density at radius 3 is 2.21 bits per heavy atom. The average Bonchev–Trinajstić information content (AvgIpc) is 2.96. The molecule has 3 amide bonds. The molecule has 0 bridgehead atoms. The second-order valence-corrected chi connectivity index (χ2v) is 7.27. The zero-order valence-corrected chi connectivity index (χ0v) is 17.1. The molecule has 2 aromatic carbocycles. The Hall–Kier alpha value is -3.06. The quantitative estimate of drug-likeness (QED) is 0.540. The van der Waals surface area contributed by atoms with Gasteiger partial charge in [0.25, 0.3) is 11.8 Å². The summed E-state index contributed by atoms with van der Waals surface area (Å²) in [5, 5.41) is 5.73. The van der Waals surface area contributed by atoms with Gasteiger partial charge in [0.05, 0.1) is 11.1 Å². The zero-order valence-electron chi connectivity index (χ0n) is 16.2. The van der Waals surface area contributed by atoms with E-state index in [1.165, 1.54) is 5.56 Å². The number of carbonyl (C=O) groups excluding carboxylic acids is 3. The molecular formula is C22H23N3O3S. The number of rotatable bonds is 7. The number of nitrogens with one attached hydrogen (secondary N) is 2. The summed E-state index contributed by atoms with van der Waals surface area (Å²) in [6.45, 7) is 2.17. The van der Waals surface area contributed by atoms with Gasteiger partial charge in [0.15, 0.2) is 5.11 Å². The predicted octanol–water partition coefficient (Wildman–Crippen LogP) is 3.53. The van der Waals surface area contributed by atoms with Gasteiger partial charge >= 0.3 is 0 Å². The number of fused-ring (bicyclic) bond motifs is 1. The van der Waals surface area contributed by atoms with Crippen LogP contribution in [0.5, 0.6) is 0 Å². The average molecular weight is 410 g/mol. The van der Waals surface area contributed by atoms with Crippen LogP contribution in [0.1, 0.15) is 52.5 Å². The van der Waals surface area contributed by atoms with E-state index in [0.29, 0.717) is 11.1 Å². The Balaban J connectivity index is 1.47. The van der Waals surface area contributed by atoms with Gasteiger partial charge in [-0.2, -0.15) is 0 Å². The Bertz CT molecular complexity index is 906. The predicted molar refractivity (Wildman–Crippen MR) is 116 cm³/mol. The monoisotopic (exact) mass is 409 g/mol. The first-order chi connectivity index (χ1) is 14.0. The molecule has 7 heteroatoms. The van der Waals surface area contributed by atoms with Crippen LogP contribution in [0, 0.1) is 0 Å². The van der Waals surface area contributed by atoms with Gasteiger partial charge in [-0.3, -0.25) is 19.3 Å². The van der Waals surface area contributed by atoms with Crippen molar-refractivity contribution in [2.45, 2.75) is 32.6 Å². The molecule has 0 aliphatic carbocycles. The normalized spacial score (nSPS) is 12.7. The number of hydrogen-bond donors (Lipinski definition) is 2. The minimum absolute atomic E-state index is 0.00686. The van der Waals surface area contributed by atoms with E-state index >= 15 is 0 Å². The highest BCUT2D eigenvalue weighted by Crippen LogP contribution is 2.22. The van der Waals surface area contributed by atoms with Gasteiger partial charge in [-0.1, -0.05) is 37.6 Å². The van der Waals surface area contributed by atoms with E-state index < -0.39 is 0 Å². The molecule has 1 aliphatic heterocycles. The summed E-state index contributed by atoms with van der Waals surface area (Å²) in [4.78, 5) is 37.9. The molecular weight excluding hydrogens is 386 g/mol. The number of unbranched alkanes of at least 4 members (excludes halogenated alkanes) is 1. The van der Waals surface area contributed by atoms with Crippen LogP contribution in [-0.4, -0.2) is 34.3 Å². The molecule has 0 fully saturated rings. The van der Waals surface area contributed by atoms with Crippen LogP contribution in [0.25, 0.3) is 0 Å². The molecule has 0 aromatic heterocycles. The summed E-state index contributed by atoms with van der Waals surface area (Å²) in [6.07, 6.45) is 3.31. The first-order valence-electron chi connectivity index (χ1n) is 9.64. The molecule has 0 saturated carbocycles. The molecule has 150 valence electrons. The lowest BCUT2D eigenvalue weighted by atomic mass is 10.1. The third-order valence-electron chi connectivity index (χ3n) is 4.72. The molecule has 0 unspecified atom stereocenters. The van der Waals surface area contributed by atoms with Crippen molar-refractivity contribution < 1.29 is 14.4 Å². The van der Waals surface area contributed by atoms with Gasteiger partial charge in [-0.15, -0.1) is 0 Å². The third-order valence-corrected chi connectivity index (χ3v) is 4.93. The van der Waals surface area contributed by atoms with Crippen LogP contribution >= 0.6 is 12.2 Å². The molecule has 0 radical (unpaired) electrons. The third kappa shape index (κ3) is 5.06. The second kappa shape index (κ2) is 9.43. The highest BCUT2D eigenvalue weighted by atomic mass is 32.1. The molecule has 1 aliphatic rings. The fraction of sp³-hybridized carbons (Fsp3) is 0.273. The molecule has 29 heavy (non-hydrogen) atoms. The number of carbonyl (C=O) groups is 3. The van der Waals surface area contributed by atoms with Gasteiger partial charge in [0.2, 0.25) is 5.91 Å². The van der Waals surface area contributed by atoms with E-state index in [1.807, 2.05) is 24.3 Å². The number of benzene rings is 2. The van der Waals surface area contributed by atoms with Crippen LogP contribution in [0.2, 0.25) is 0 Å². The molecule has 2 N–H and O–H groups in total. The van der Waals surface area contributed by atoms with Crippen LogP contribution in [0.4, 0.5) is 5.69 Å². The zero-order chi connectivity index (χ0) is 20.8. The molecule has 6 nitrogen and oxygen atoms in total.